The highest BCUT2D eigenvalue weighted by Gasteiger charge is 2.16. The zero-order valence-electron chi connectivity index (χ0n) is 13.9. The highest BCUT2D eigenvalue weighted by molar-refractivity contribution is 6.34. The first kappa shape index (κ1) is 18.8. The Hall–Kier alpha value is -2.57. The fraction of sp³-hybridized carbons (Fsp3) is 0.222. The van der Waals surface area contributed by atoms with Gasteiger partial charge in [-0.3, -0.25) is 9.59 Å². The summed E-state index contributed by atoms with van der Waals surface area (Å²) in [5.41, 5.74) is 0.985. The number of ether oxygens (including phenoxy) is 1. The van der Waals surface area contributed by atoms with Gasteiger partial charge in [0.1, 0.15) is 11.9 Å². The zero-order chi connectivity index (χ0) is 18.4. The van der Waals surface area contributed by atoms with Crippen molar-refractivity contribution in [3.8, 4) is 5.75 Å². The van der Waals surface area contributed by atoms with E-state index in [0.717, 1.165) is 0 Å². The van der Waals surface area contributed by atoms with Crippen LogP contribution in [0.3, 0.4) is 0 Å². The molecule has 2 aromatic rings. The van der Waals surface area contributed by atoms with Crippen LogP contribution in [0.5, 0.6) is 5.75 Å². The Bertz CT molecular complexity index is 777. The maximum Gasteiger partial charge on any atom is 0.257 e. The molecular weight excluding hydrogens is 344 g/mol. The summed E-state index contributed by atoms with van der Waals surface area (Å²) in [6.45, 7) is 3.65. The van der Waals surface area contributed by atoms with Crippen molar-refractivity contribution in [2.45, 2.75) is 20.0 Å². The summed E-state index contributed by atoms with van der Waals surface area (Å²) in [7, 11) is 0. The van der Waals surface area contributed by atoms with Crippen molar-refractivity contribution in [2.75, 3.05) is 17.2 Å². The number of carbonyl (C=O) groups excluding carboxylic acids is 2. The number of rotatable bonds is 6. The number of aliphatic hydroxyl groups excluding tert-OH is 1. The lowest BCUT2D eigenvalue weighted by molar-refractivity contribution is -0.123. The first-order chi connectivity index (χ1) is 11.9. The van der Waals surface area contributed by atoms with Crippen LogP contribution in [-0.2, 0) is 4.79 Å². The predicted octanol–water partition coefficient (Wildman–Crippen LogP) is 3.31. The Labute approximate surface area is 150 Å². The number of nitrogens with one attached hydrogen (secondary N) is 2. The highest BCUT2D eigenvalue weighted by atomic mass is 35.5. The Morgan fingerprint density at radius 1 is 1.16 bits per heavy atom. The minimum Gasteiger partial charge on any atom is -0.494 e. The molecule has 0 radical (unpaired) electrons. The molecule has 2 amide bonds. The van der Waals surface area contributed by atoms with Gasteiger partial charge in [-0.25, -0.2) is 0 Å². The van der Waals surface area contributed by atoms with Gasteiger partial charge in [0, 0.05) is 6.07 Å². The third-order valence-corrected chi connectivity index (χ3v) is 3.64. The standard InChI is InChI=1S/C18H19ClN2O4/c1-3-25-12-8-9-15(20-17(23)11(2)22)16(10-12)21-18(24)13-6-4-5-7-14(13)19/h4-11,22H,3H2,1-2H3,(H,20,23)(H,21,24)/t11-/m0/s1. The maximum atomic E-state index is 12.5. The minimum atomic E-state index is -1.18. The van der Waals surface area contributed by atoms with Gasteiger partial charge in [-0.2, -0.15) is 0 Å². The summed E-state index contributed by atoms with van der Waals surface area (Å²) in [5, 5.41) is 15.0. The Morgan fingerprint density at radius 2 is 1.88 bits per heavy atom. The molecular formula is C18H19ClN2O4. The van der Waals surface area contributed by atoms with Gasteiger partial charge in [0.05, 0.1) is 28.6 Å². The van der Waals surface area contributed by atoms with E-state index in [1.807, 2.05) is 6.92 Å². The SMILES string of the molecule is CCOc1ccc(NC(=O)[C@H](C)O)c(NC(=O)c2ccccc2Cl)c1. The van der Waals surface area contributed by atoms with Crippen molar-refractivity contribution in [3.05, 3.63) is 53.1 Å². The molecule has 2 aromatic carbocycles. The molecule has 0 spiro atoms. The Balaban J connectivity index is 2.32. The predicted molar refractivity (Wildman–Crippen MR) is 97.3 cm³/mol. The van der Waals surface area contributed by atoms with Gasteiger partial charge in [-0.15, -0.1) is 0 Å². The van der Waals surface area contributed by atoms with E-state index in [1.165, 1.54) is 6.92 Å². The molecule has 0 saturated carbocycles. The number of anilines is 2. The van der Waals surface area contributed by atoms with Crippen molar-refractivity contribution in [1.29, 1.82) is 0 Å². The van der Waals surface area contributed by atoms with Crippen LogP contribution in [0, 0.1) is 0 Å². The van der Waals surface area contributed by atoms with E-state index in [9.17, 15) is 14.7 Å². The molecule has 0 aliphatic heterocycles. The first-order valence-electron chi connectivity index (χ1n) is 7.74. The largest absolute Gasteiger partial charge is 0.494 e. The smallest absolute Gasteiger partial charge is 0.257 e. The van der Waals surface area contributed by atoms with Crippen molar-refractivity contribution < 1.29 is 19.4 Å². The van der Waals surface area contributed by atoms with Crippen molar-refractivity contribution in [1.82, 2.24) is 0 Å². The number of halogens is 1. The minimum absolute atomic E-state index is 0.304. The van der Waals surface area contributed by atoms with E-state index >= 15 is 0 Å². The van der Waals surface area contributed by atoms with E-state index in [4.69, 9.17) is 16.3 Å². The van der Waals surface area contributed by atoms with Crippen LogP contribution in [0.15, 0.2) is 42.5 Å². The molecule has 0 heterocycles. The average molecular weight is 363 g/mol. The summed E-state index contributed by atoms with van der Waals surface area (Å²) in [5.74, 6) is -0.476. The van der Waals surface area contributed by atoms with Crippen molar-refractivity contribution in [2.24, 2.45) is 0 Å². The van der Waals surface area contributed by atoms with Crippen molar-refractivity contribution >= 4 is 34.8 Å². The number of amides is 2. The zero-order valence-corrected chi connectivity index (χ0v) is 14.6. The second-order valence-corrected chi connectivity index (χ2v) is 5.65. The molecule has 25 heavy (non-hydrogen) atoms. The van der Waals surface area contributed by atoms with Gasteiger partial charge in [0.2, 0.25) is 0 Å². The van der Waals surface area contributed by atoms with Crippen LogP contribution < -0.4 is 15.4 Å². The van der Waals surface area contributed by atoms with Gasteiger partial charge in [0.15, 0.2) is 0 Å². The van der Waals surface area contributed by atoms with Crippen LogP contribution in [0.2, 0.25) is 5.02 Å². The summed E-state index contributed by atoms with van der Waals surface area (Å²) in [6.07, 6.45) is -1.18. The van der Waals surface area contributed by atoms with Crippen LogP contribution >= 0.6 is 11.6 Å². The number of benzene rings is 2. The third-order valence-electron chi connectivity index (χ3n) is 3.31. The lowest BCUT2D eigenvalue weighted by Crippen LogP contribution is -2.25. The molecule has 0 unspecified atom stereocenters. The second kappa shape index (κ2) is 8.50. The van der Waals surface area contributed by atoms with Gasteiger partial charge in [-0.05, 0) is 38.1 Å². The first-order valence-corrected chi connectivity index (χ1v) is 8.11. The van der Waals surface area contributed by atoms with E-state index < -0.39 is 17.9 Å². The molecule has 0 saturated heterocycles. The number of aliphatic hydroxyl groups is 1. The number of hydrogen-bond acceptors (Lipinski definition) is 4. The van der Waals surface area contributed by atoms with E-state index in [1.54, 1.807) is 42.5 Å². The van der Waals surface area contributed by atoms with E-state index in [0.29, 0.717) is 34.3 Å². The van der Waals surface area contributed by atoms with Gasteiger partial charge >= 0.3 is 0 Å². The summed E-state index contributed by atoms with van der Waals surface area (Å²) in [6, 6.07) is 11.5. The lowest BCUT2D eigenvalue weighted by Gasteiger charge is -2.15. The van der Waals surface area contributed by atoms with E-state index in [2.05, 4.69) is 10.6 Å². The summed E-state index contributed by atoms with van der Waals surface area (Å²) < 4.78 is 5.43. The van der Waals surface area contributed by atoms with Gasteiger partial charge in [0.25, 0.3) is 11.8 Å². The quantitative estimate of drug-likeness (QED) is 0.735. The molecule has 0 aromatic heterocycles. The maximum absolute atomic E-state index is 12.5. The Morgan fingerprint density at radius 3 is 2.52 bits per heavy atom. The molecule has 2 rings (SSSR count). The lowest BCUT2D eigenvalue weighted by atomic mass is 10.2. The average Bonchev–Trinajstić information content (AvgIpc) is 2.57. The normalized spacial score (nSPS) is 11.5. The monoisotopic (exact) mass is 362 g/mol. The molecule has 6 nitrogen and oxygen atoms in total. The molecule has 1 atom stereocenters. The molecule has 132 valence electrons. The molecule has 0 bridgehead atoms. The molecule has 0 aliphatic carbocycles. The van der Waals surface area contributed by atoms with Crippen molar-refractivity contribution in [3.63, 3.8) is 0 Å². The van der Waals surface area contributed by atoms with Crippen LogP contribution in [0.4, 0.5) is 11.4 Å². The number of hydrogen-bond donors (Lipinski definition) is 3. The highest BCUT2D eigenvalue weighted by Crippen LogP contribution is 2.28. The fourth-order valence-electron chi connectivity index (χ4n) is 2.06. The Kier molecular flexibility index (Phi) is 6.38. The van der Waals surface area contributed by atoms with E-state index in [-0.39, 0.29) is 0 Å². The fourth-order valence-corrected chi connectivity index (χ4v) is 2.29. The molecule has 3 N–H and O–H groups in total. The molecule has 0 aliphatic rings. The van der Waals surface area contributed by atoms with Crippen LogP contribution in [0.1, 0.15) is 24.2 Å². The third kappa shape index (κ3) is 4.95. The van der Waals surface area contributed by atoms with Crippen LogP contribution in [-0.4, -0.2) is 29.6 Å². The second-order valence-electron chi connectivity index (χ2n) is 5.24. The van der Waals surface area contributed by atoms with Gasteiger partial charge in [-0.1, -0.05) is 23.7 Å². The van der Waals surface area contributed by atoms with Gasteiger partial charge < -0.3 is 20.5 Å². The summed E-state index contributed by atoms with van der Waals surface area (Å²) in [4.78, 5) is 24.2. The summed E-state index contributed by atoms with van der Waals surface area (Å²) >= 11 is 6.04. The number of carbonyl (C=O) groups is 2. The molecule has 7 heteroatoms. The topological polar surface area (TPSA) is 87.7 Å². The van der Waals surface area contributed by atoms with Crippen LogP contribution in [0.25, 0.3) is 0 Å². The molecule has 0 fully saturated rings.